The predicted octanol–water partition coefficient (Wildman–Crippen LogP) is 1.40. The smallest absolute Gasteiger partial charge is 0.251 e. The van der Waals surface area contributed by atoms with E-state index in [1.807, 2.05) is 13.0 Å². The highest BCUT2D eigenvalue weighted by molar-refractivity contribution is 7.89. The highest BCUT2D eigenvalue weighted by Crippen LogP contribution is 2.21. The average Bonchev–Trinajstić information content (AvgIpc) is 3.20. The molecule has 1 aliphatic rings. The average molecular weight is 430 g/mol. The topological polar surface area (TPSA) is 106 Å². The zero-order valence-corrected chi connectivity index (χ0v) is 17.4. The highest BCUT2D eigenvalue weighted by Gasteiger charge is 2.28. The van der Waals surface area contributed by atoms with Gasteiger partial charge in [-0.05, 0) is 36.8 Å². The van der Waals surface area contributed by atoms with Crippen molar-refractivity contribution in [3.05, 3.63) is 53.6 Å². The Bertz CT molecular complexity index is 1170. The van der Waals surface area contributed by atoms with Gasteiger partial charge in [-0.1, -0.05) is 23.4 Å². The number of aromatic nitrogens is 3. The maximum Gasteiger partial charge on any atom is 0.251 e. The molecule has 4 rings (SSSR count). The molecule has 1 saturated heterocycles. The molecule has 10 heteroatoms. The Labute approximate surface area is 174 Å². The van der Waals surface area contributed by atoms with Crippen LogP contribution in [0.4, 0.5) is 0 Å². The summed E-state index contributed by atoms with van der Waals surface area (Å²) in [7, 11) is -3.65. The molecule has 0 aliphatic carbocycles. The Morgan fingerprint density at radius 1 is 1.17 bits per heavy atom. The first-order chi connectivity index (χ1) is 14.5. The number of benzene rings is 2. The second kappa shape index (κ2) is 8.50. The Morgan fingerprint density at radius 3 is 2.70 bits per heavy atom. The van der Waals surface area contributed by atoms with Gasteiger partial charge in [-0.15, -0.1) is 5.10 Å². The Balaban J connectivity index is 1.52. The summed E-state index contributed by atoms with van der Waals surface area (Å²) in [5.74, 6) is -0.304. The first kappa shape index (κ1) is 20.5. The van der Waals surface area contributed by atoms with Crippen LogP contribution in [-0.2, 0) is 27.8 Å². The molecule has 158 valence electrons. The van der Waals surface area contributed by atoms with Crippen LogP contribution in [0.5, 0.6) is 0 Å². The second-order valence-electron chi connectivity index (χ2n) is 6.92. The molecule has 0 unspecified atom stereocenters. The van der Waals surface area contributed by atoms with Gasteiger partial charge in [0.2, 0.25) is 10.0 Å². The van der Waals surface area contributed by atoms with Crippen LogP contribution >= 0.6 is 0 Å². The van der Waals surface area contributed by atoms with Crippen LogP contribution < -0.4 is 5.32 Å². The monoisotopic (exact) mass is 429 g/mol. The SMILES string of the molecule is CCn1nnc2cc(C(=O)NCc3ccccc3S(=O)(=O)N3CCOCC3)ccc21. The lowest BCUT2D eigenvalue weighted by molar-refractivity contribution is 0.0730. The van der Waals surface area contributed by atoms with Crippen LogP contribution in [0.3, 0.4) is 0 Å². The minimum atomic E-state index is -3.65. The Kier molecular flexibility index (Phi) is 5.80. The van der Waals surface area contributed by atoms with Gasteiger partial charge in [-0.2, -0.15) is 4.31 Å². The molecule has 30 heavy (non-hydrogen) atoms. The van der Waals surface area contributed by atoms with E-state index < -0.39 is 10.0 Å². The lowest BCUT2D eigenvalue weighted by atomic mass is 10.1. The summed E-state index contributed by atoms with van der Waals surface area (Å²) < 4.78 is 34.5. The predicted molar refractivity (Wildman–Crippen MR) is 110 cm³/mol. The number of amides is 1. The van der Waals surface area contributed by atoms with Crippen LogP contribution in [0.15, 0.2) is 47.4 Å². The third-order valence-corrected chi connectivity index (χ3v) is 7.07. The lowest BCUT2D eigenvalue weighted by Crippen LogP contribution is -2.41. The first-order valence-electron chi connectivity index (χ1n) is 9.78. The lowest BCUT2D eigenvalue weighted by Gasteiger charge is -2.27. The van der Waals surface area contributed by atoms with Crippen LogP contribution in [0.2, 0.25) is 0 Å². The van der Waals surface area contributed by atoms with E-state index in [4.69, 9.17) is 4.74 Å². The second-order valence-corrected chi connectivity index (χ2v) is 8.82. The van der Waals surface area contributed by atoms with Crippen LogP contribution in [0.25, 0.3) is 11.0 Å². The van der Waals surface area contributed by atoms with E-state index in [2.05, 4.69) is 15.6 Å². The third-order valence-electron chi connectivity index (χ3n) is 5.08. The number of nitrogens with zero attached hydrogens (tertiary/aromatic N) is 4. The number of carbonyl (C=O) groups excluding carboxylic acids is 1. The number of sulfonamides is 1. The number of nitrogens with one attached hydrogen (secondary N) is 1. The number of ether oxygens (including phenoxy) is 1. The molecular weight excluding hydrogens is 406 g/mol. The molecule has 0 radical (unpaired) electrons. The van der Waals surface area contributed by atoms with E-state index in [1.165, 1.54) is 4.31 Å². The number of fused-ring (bicyclic) bond motifs is 1. The standard InChI is InChI=1S/C20H23N5O4S/c1-2-25-18-8-7-15(13-17(18)22-23-25)20(26)21-14-16-5-3-4-6-19(16)30(27,28)24-9-11-29-12-10-24/h3-8,13H,2,9-12,14H2,1H3,(H,21,26). The van der Waals surface area contributed by atoms with E-state index >= 15 is 0 Å². The van der Waals surface area contributed by atoms with Crippen LogP contribution in [0.1, 0.15) is 22.8 Å². The third kappa shape index (κ3) is 3.93. The molecule has 0 atom stereocenters. The molecule has 0 bridgehead atoms. The largest absolute Gasteiger partial charge is 0.379 e. The summed E-state index contributed by atoms with van der Waals surface area (Å²) in [5, 5.41) is 10.9. The number of carbonyl (C=O) groups is 1. The molecule has 2 heterocycles. The zero-order valence-electron chi connectivity index (χ0n) is 16.6. The molecule has 0 spiro atoms. The maximum absolute atomic E-state index is 13.0. The fraction of sp³-hybridized carbons (Fsp3) is 0.350. The van der Waals surface area contributed by atoms with Crippen molar-refractivity contribution < 1.29 is 17.9 Å². The number of rotatable bonds is 6. The van der Waals surface area contributed by atoms with Crippen LogP contribution in [0, 0.1) is 0 Å². The van der Waals surface area contributed by atoms with Gasteiger partial charge in [0.15, 0.2) is 0 Å². The van der Waals surface area contributed by atoms with Crippen molar-refractivity contribution in [2.24, 2.45) is 0 Å². The molecular formula is C20H23N5O4S. The first-order valence-corrected chi connectivity index (χ1v) is 11.2. The van der Waals surface area contributed by atoms with Gasteiger partial charge < -0.3 is 10.1 Å². The van der Waals surface area contributed by atoms with Crippen LogP contribution in [-0.4, -0.2) is 59.9 Å². The minimum Gasteiger partial charge on any atom is -0.379 e. The summed E-state index contributed by atoms with van der Waals surface area (Å²) in [6.45, 7) is 4.15. The highest BCUT2D eigenvalue weighted by atomic mass is 32.2. The molecule has 9 nitrogen and oxygen atoms in total. The number of hydrogen-bond acceptors (Lipinski definition) is 6. The van der Waals surface area contributed by atoms with Crippen molar-refractivity contribution in [1.29, 1.82) is 0 Å². The molecule has 0 saturated carbocycles. The summed E-state index contributed by atoms with van der Waals surface area (Å²) in [6.07, 6.45) is 0. The molecule has 2 aromatic carbocycles. The summed E-state index contributed by atoms with van der Waals surface area (Å²) in [6, 6.07) is 11.9. The summed E-state index contributed by atoms with van der Waals surface area (Å²) in [4.78, 5) is 12.9. The zero-order chi connectivity index (χ0) is 21.1. The summed E-state index contributed by atoms with van der Waals surface area (Å²) >= 11 is 0. The van der Waals surface area contributed by atoms with Gasteiger partial charge >= 0.3 is 0 Å². The molecule has 3 aromatic rings. The van der Waals surface area contributed by atoms with Crippen molar-refractivity contribution in [1.82, 2.24) is 24.6 Å². The van der Waals surface area contributed by atoms with Crippen molar-refractivity contribution in [3.8, 4) is 0 Å². The minimum absolute atomic E-state index is 0.0955. The fourth-order valence-corrected chi connectivity index (χ4v) is 5.08. The van der Waals surface area contributed by atoms with E-state index in [-0.39, 0.29) is 17.3 Å². The van der Waals surface area contributed by atoms with Gasteiger partial charge in [0, 0.05) is 31.7 Å². The van der Waals surface area contributed by atoms with Crippen molar-refractivity contribution in [2.45, 2.75) is 24.9 Å². The van der Waals surface area contributed by atoms with Gasteiger partial charge in [-0.3, -0.25) is 4.79 Å². The van der Waals surface area contributed by atoms with E-state index in [1.54, 1.807) is 41.1 Å². The maximum atomic E-state index is 13.0. The molecule has 1 aliphatic heterocycles. The quantitative estimate of drug-likeness (QED) is 0.635. The fourth-order valence-electron chi connectivity index (χ4n) is 3.45. The molecule has 1 fully saturated rings. The van der Waals surface area contributed by atoms with Gasteiger partial charge in [0.25, 0.3) is 5.91 Å². The van der Waals surface area contributed by atoms with Gasteiger partial charge in [0.1, 0.15) is 5.52 Å². The molecule has 1 N–H and O–H groups in total. The van der Waals surface area contributed by atoms with Crippen molar-refractivity contribution in [2.75, 3.05) is 26.3 Å². The van der Waals surface area contributed by atoms with E-state index in [0.29, 0.717) is 49.5 Å². The summed E-state index contributed by atoms with van der Waals surface area (Å²) in [5.41, 5.74) is 2.48. The Hall–Kier alpha value is -2.82. The van der Waals surface area contributed by atoms with Gasteiger partial charge in [0.05, 0.1) is 23.6 Å². The van der Waals surface area contributed by atoms with Crippen molar-refractivity contribution >= 4 is 27.0 Å². The number of aryl methyl sites for hydroxylation is 1. The normalized spacial score (nSPS) is 15.4. The number of hydrogen-bond donors (Lipinski definition) is 1. The molecule has 1 amide bonds. The Morgan fingerprint density at radius 2 is 1.93 bits per heavy atom. The van der Waals surface area contributed by atoms with Crippen molar-refractivity contribution in [3.63, 3.8) is 0 Å². The van der Waals surface area contributed by atoms with E-state index in [9.17, 15) is 13.2 Å². The van der Waals surface area contributed by atoms with Gasteiger partial charge in [-0.25, -0.2) is 13.1 Å². The number of morpholine rings is 1. The van der Waals surface area contributed by atoms with E-state index in [0.717, 1.165) is 5.52 Å². The molecule has 1 aromatic heterocycles.